The monoisotopic (exact) mass is 162 g/mol. The number of hydrogen-bond acceptors (Lipinski definition) is 3. The van der Waals surface area contributed by atoms with Crippen molar-refractivity contribution in [1.82, 2.24) is 0 Å². The third-order valence-corrected chi connectivity index (χ3v) is 1.02. The largest absolute Gasteiger partial charge is 0.463 e. The lowest BCUT2D eigenvalue weighted by molar-refractivity contribution is -0.145. The summed E-state index contributed by atoms with van der Waals surface area (Å²) in [7, 11) is 0. The van der Waals surface area contributed by atoms with Crippen LogP contribution in [0.1, 0.15) is 19.8 Å². The molecule has 11 heavy (non-hydrogen) atoms. The van der Waals surface area contributed by atoms with Crippen LogP contribution in [-0.2, 0) is 14.3 Å². The maximum Gasteiger partial charge on any atom is 0.306 e. The average Bonchev–Trinajstić information content (AvgIpc) is 1.97. The number of carbonyl (C=O) groups is 2. The molecule has 3 nitrogen and oxygen atoms in total. The van der Waals surface area contributed by atoms with Crippen LogP contribution in [0.3, 0.4) is 0 Å². The molecule has 0 fully saturated rings. The van der Waals surface area contributed by atoms with Crippen molar-refractivity contribution in [3.05, 3.63) is 0 Å². The number of ketones is 1. The van der Waals surface area contributed by atoms with E-state index in [9.17, 15) is 14.0 Å². The molecule has 4 heteroatoms. The van der Waals surface area contributed by atoms with Crippen LogP contribution in [0.5, 0.6) is 0 Å². The van der Waals surface area contributed by atoms with E-state index < -0.39 is 12.6 Å². The van der Waals surface area contributed by atoms with Crippen molar-refractivity contribution in [3.63, 3.8) is 0 Å². The van der Waals surface area contributed by atoms with E-state index >= 15 is 0 Å². The van der Waals surface area contributed by atoms with Gasteiger partial charge in [0.2, 0.25) is 0 Å². The first-order valence-electron chi connectivity index (χ1n) is 3.38. The molecular weight excluding hydrogens is 151 g/mol. The Hall–Kier alpha value is -0.930. The van der Waals surface area contributed by atoms with E-state index in [0.717, 1.165) is 0 Å². The zero-order chi connectivity index (χ0) is 8.69. The standard InChI is InChI=1S/C7H11FO3/c1-6(9)2-3-7(10)11-5-4-8/h2-5H2,1H3. The minimum absolute atomic E-state index is 0.0509. The molecule has 0 aromatic carbocycles. The van der Waals surface area contributed by atoms with Crippen molar-refractivity contribution in [2.45, 2.75) is 19.8 Å². The third-order valence-electron chi connectivity index (χ3n) is 1.02. The Balaban J connectivity index is 3.30. The van der Waals surface area contributed by atoms with Gasteiger partial charge in [-0.1, -0.05) is 0 Å². The summed E-state index contributed by atoms with van der Waals surface area (Å²) in [5, 5.41) is 0. The van der Waals surface area contributed by atoms with Gasteiger partial charge in [0, 0.05) is 6.42 Å². The SMILES string of the molecule is CC(=O)CCC(=O)OCCF. The Morgan fingerprint density at radius 3 is 2.45 bits per heavy atom. The van der Waals surface area contributed by atoms with E-state index in [1.165, 1.54) is 6.92 Å². The minimum Gasteiger partial charge on any atom is -0.463 e. The second-order valence-corrected chi connectivity index (χ2v) is 2.11. The molecule has 0 bridgehead atoms. The predicted octanol–water partition coefficient (Wildman–Crippen LogP) is 0.868. The molecule has 0 amide bonds. The van der Waals surface area contributed by atoms with E-state index in [4.69, 9.17) is 0 Å². The van der Waals surface area contributed by atoms with Crippen molar-refractivity contribution >= 4 is 11.8 Å². The highest BCUT2D eigenvalue weighted by atomic mass is 19.1. The Morgan fingerprint density at radius 1 is 1.36 bits per heavy atom. The topological polar surface area (TPSA) is 43.4 Å². The minimum atomic E-state index is -0.675. The van der Waals surface area contributed by atoms with Crippen molar-refractivity contribution < 1.29 is 18.7 Å². The summed E-state index contributed by atoms with van der Waals surface area (Å²) >= 11 is 0. The number of alkyl halides is 1. The average molecular weight is 162 g/mol. The van der Waals surface area contributed by atoms with Gasteiger partial charge < -0.3 is 9.53 Å². The van der Waals surface area contributed by atoms with Gasteiger partial charge in [-0.05, 0) is 6.92 Å². The molecule has 0 saturated carbocycles. The van der Waals surface area contributed by atoms with Gasteiger partial charge in [0.05, 0.1) is 6.42 Å². The fourth-order valence-corrected chi connectivity index (χ4v) is 0.503. The first-order chi connectivity index (χ1) is 5.16. The number of hydrogen-bond donors (Lipinski definition) is 0. The maximum absolute atomic E-state index is 11.4. The molecule has 0 aromatic rings. The van der Waals surface area contributed by atoms with E-state index in [1.807, 2.05) is 0 Å². The number of ether oxygens (including phenoxy) is 1. The summed E-state index contributed by atoms with van der Waals surface area (Å²) in [5.41, 5.74) is 0. The van der Waals surface area contributed by atoms with Crippen LogP contribution in [-0.4, -0.2) is 25.0 Å². The van der Waals surface area contributed by atoms with Crippen molar-refractivity contribution in [2.75, 3.05) is 13.3 Å². The van der Waals surface area contributed by atoms with Crippen LogP contribution in [0.25, 0.3) is 0 Å². The van der Waals surface area contributed by atoms with Crippen LogP contribution in [0.4, 0.5) is 4.39 Å². The number of carbonyl (C=O) groups excluding carboxylic acids is 2. The molecule has 0 aliphatic rings. The Kier molecular flexibility index (Phi) is 5.33. The van der Waals surface area contributed by atoms with Gasteiger partial charge in [-0.15, -0.1) is 0 Å². The second kappa shape index (κ2) is 5.82. The molecule has 0 spiro atoms. The molecule has 0 saturated heterocycles. The van der Waals surface area contributed by atoms with E-state index in [2.05, 4.69) is 4.74 Å². The normalized spacial score (nSPS) is 9.27. The highest BCUT2D eigenvalue weighted by Crippen LogP contribution is 1.93. The molecule has 0 rings (SSSR count). The highest BCUT2D eigenvalue weighted by Gasteiger charge is 2.03. The molecule has 0 aromatic heterocycles. The van der Waals surface area contributed by atoms with Crippen LogP contribution >= 0.6 is 0 Å². The van der Waals surface area contributed by atoms with Crippen molar-refractivity contribution in [2.24, 2.45) is 0 Å². The lowest BCUT2D eigenvalue weighted by atomic mass is 10.2. The van der Waals surface area contributed by atoms with Crippen LogP contribution < -0.4 is 0 Å². The molecule has 0 aliphatic carbocycles. The first kappa shape index (κ1) is 10.1. The Morgan fingerprint density at radius 2 is 2.00 bits per heavy atom. The summed E-state index contributed by atoms with van der Waals surface area (Å²) in [5.74, 6) is -0.583. The first-order valence-corrected chi connectivity index (χ1v) is 3.38. The van der Waals surface area contributed by atoms with Gasteiger partial charge in [-0.3, -0.25) is 4.79 Å². The molecule has 0 heterocycles. The summed E-state index contributed by atoms with van der Waals surface area (Å²) in [6, 6.07) is 0. The quantitative estimate of drug-likeness (QED) is 0.563. The predicted molar refractivity (Wildman–Crippen MR) is 36.8 cm³/mol. The summed E-state index contributed by atoms with van der Waals surface area (Å²) in [6.45, 7) is 0.505. The summed E-state index contributed by atoms with van der Waals surface area (Å²) in [6.07, 6.45) is 0.223. The number of halogens is 1. The van der Waals surface area contributed by atoms with E-state index in [-0.39, 0.29) is 25.2 Å². The molecule has 0 atom stereocenters. The van der Waals surface area contributed by atoms with Gasteiger partial charge in [-0.25, -0.2) is 4.39 Å². The van der Waals surface area contributed by atoms with Gasteiger partial charge in [0.25, 0.3) is 0 Å². The fraction of sp³-hybridized carbons (Fsp3) is 0.714. The molecule has 0 aliphatic heterocycles. The van der Waals surface area contributed by atoms with Gasteiger partial charge in [0.1, 0.15) is 19.1 Å². The molecule has 64 valence electrons. The summed E-state index contributed by atoms with van der Waals surface area (Å²) in [4.78, 5) is 20.9. The van der Waals surface area contributed by atoms with Crippen LogP contribution in [0.2, 0.25) is 0 Å². The van der Waals surface area contributed by atoms with Crippen molar-refractivity contribution in [3.8, 4) is 0 Å². The number of rotatable bonds is 5. The third kappa shape index (κ3) is 6.96. The Labute approximate surface area is 64.5 Å². The lowest BCUT2D eigenvalue weighted by Crippen LogP contribution is -2.08. The molecule has 0 unspecified atom stereocenters. The zero-order valence-electron chi connectivity index (χ0n) is 6.43. The van der Waals surface area contributed by atoms with Crippen LogP contribution in [0.15, 0.2) is 0 Å². The van der Waals surface area contributed by atoms with Crippen molar-refractivity contribution in [1.29, 1.82) is 0 Å². The number of esters is 1. The van der Waals surface area contributed by atoms with E-state index in [0.29, 0.717) is 0 Å². The van der Waals surface area contributed by atoms with Gasteiger partial charge >= 0.3 is 5.97 Å². The van der Waals surface area contributed by atoms with Gasteiger partial charge in [-0.2, -0.15) is 0 Å². The fourth-order valence-electron chi connectivity index (χ4n) is 0.503. The highest BCUT2D eigenvalue weighted by molar-refractivity contribution is 5.80. The van der Waals surface area contributed by atoms with Crippen LogP contribution in [0, 0.1) is 0 Å². The number of Topliss-reactive ketones (excluding diaryl/α,β-unsaturated/α-hetero) is 1. The van der Waals surface area contributed by atoms with Gasteiger partial charge in [0.15, 0.2) is 0 Å². The summed E-state index contributed by atoms with van der Waals surface area (Å²) < 4.78 is 15.8. The van der Waals surface area contributed by atoms with E-state index in [1.54, 1.807) is 0 Å². The lowest BCUT2D eigenvalue weighted by Gasteiger charge is -1.99. The molecule has 0 N–H and O–H groups in total. The maximum atomic E-state index is 11.4. The second-order valence-electron chi connectivity index (χ2n) is 2.11. The Bertz CT molecular complexity index is 145. The molecular formula is C7H11FO3. The zero-order valence-corrected chi connectivity index (χ0v) is 6.43. The smallest absolute Gasteiger partial charge is 0.306 e. The molecule has 0 radical (unpaired) electrons.